The van der Waals surface area contributed by atoms with Crippen LogP contribution in [0.4, 0.5) is 0 Å². The highest BCUT2D eigenvalue weighted by Gasteiger charge is 2.09. The molecule has 0 bridgehead atoms. The average Bonchev–Trinajstić information content (AvgIpc) is 2.68. The molecule has 1 aromatic carbocycles. The Bertz CT molecular complexity index is 694. The minimum atomic E-state index is 0. The van der Waals surface area contributed by atoms with Crippen molar-refractivity contribution in [1.82, 2.24) is 20.5 Å². The lowest BCUT2D eigenvalue weighted by molar-refractivity contribution is 0.238. The smallest absolute Gasteiger partial charge is 0.190 e. The van der Waals surface area contributed by atoms with E-state index in [1.807, 2.05) is 18.3 Å². The first kappa shape index (κ1) is 24.7. The van der Waals surface area contributed by atoms with E-state index in [1.54, 1.807) is 7.05 Å². The van der Waals surface area contributed by atoms with Crippen molar-refractivity contribution in [2.45, 2.75) is 32.4 Å². The lowest BCUT2D eigenvalue weighted by atomic mass is 10.1. The van der Waals surface area contributed by atoms with Crippen LogP contribution in [0.25, 0.3) is 0 Å². The van der Waals surface area contributed by atoms with E-state index in [0.717, 1.165) is 44.0 Å². The summed E-state index contributed by atoms with van der Waals surface area (Å²) in [6, 6.07) is 14.9. The Morgan fingerprint density at radius 3 is 2.46 bits per heavy atom. The number of aromatic nitrogens is 1. The normalized spacial score (nSPS) is 12.4. The van der Waals surface area contributed by atoms with Gasteiger partial charge in [-0.15, -0.1) is 24.0 Å². The van der Waals surface area contributed by atoms with Crippen LogP contribution in [0.3, 0.4) is 0 Å². The third kappa shape index (κ3) is 9.21. The van der Waals surface area contributed by atoms with Crippen molar-refractivity contribution in [2.24, 2.45) is 4.99 Å². The first-order chi connectivity index (χ1) is 13.1. The summed E-state index contributed by atoms with van der Waals surface area (Å²) < 4.78 is 0. The number of guanidine groups is 1. The molecule has 2 rings (SSSR count). The van der Waals surface area contributed by atoms with Crippen LogP contribution >= 0.6 is 35.6 Å². The monoisotopic (exact) mass is 515 g/mol. The van der Waals surface area contributed by atoms with Gasteiger partial charge in [0.1, 0.15) is 5.15 Å². The molecule has 2 aromatic rings. The number of benzene rings is 1. The van der Waals surface area contributed by atoms with Crippen LogP contribution in [0.15, 0.2) is 53.7 Å². The molecule has 0 aliphatic heterocycles. The number of hydrogen-bond acceptors (Lipinski definition) is 3. The Labute approximate surface area is 191 Å². The number of nitrogens with zero attached hydrogens (tertiary/aromatic N) is 3. The molecule has 2 N–H and O–H groups in total. The third-order valence-electron chi connectivity index (χ3n) is 4.60. The predicted octanol–water partition coefficient (Wildman–Crippen LogP) is 3.97. The van der Waals surface area contributed by atoms with E-state index in [2.05, 4.69) is 69.8 Å². The zero-order chi connectivity index (χ0) is 19.5. The molecular weight excluding hydrogens is 485 g/mol. The third-order valence-corrected chi connectivity index (χ3v) is 4.82. The molecule has 0 aliphatic carbocycles. The fraction of sp³-hybridized carbons (Fsp3) is 0.429. The first-order valence-corrected chi connectivity index (χ1v) is 9.75. The Morgan fingerprint density at radius 1 is 1.11 bits per heavy atom. The lowest BCUT2D eigenvalue weighted by Crippen LogP contribution is -2.40. The van der Waals surface area contributed by atoms with Crippen molar-refractivity contribution < 1.29 is 0 Å². The summed E-state index contributed by atoms with van der Waals surface area (Å²) in [5.74, 6) is 0.829. The highest BCUT2D eigenvalue weighted by atomic mass is 127. The van der Waals surface area contributed by atoms with E-state index in [0.29, 0.717) is 11.2 Å². The molecule has 1 aromatic heterocycles. The number of halogens is 2. The van der Waals surface area contributed by atoms with Crippen molar-refractivity contribution in [3.63, 3.8) is 0 Å². The fourth-order valence-corrected chi connectivity index (χ4v) is 2.86. The van der Waals surface area contributed by atoms with Crippen LogP contribution in [-0.2, 0) is 13.0 Å². The number of aliphatic imine (C=N–C) groups is 1. The van der Waals surface area contributed by atoms with Gasteiger partial charge in [0.25, 0.3) is 0 Å². The second-order valence-corrected chi connectivity index (χ2v) is 7.09. The molecule has 5 nitrogen and oxygen atoms in total. The molecule has 0 amide bonds. The molecule has 0 radical (unpaired) electrons. The maximum absolute atomic E-state index is 5.81. The molecule has 0 spiro atoms. The average molecular weight is 516 g/mol. The Hall–Kier alpha value is -1.38. The standard InChI is InChI=1S/C21H30ClN5.HI/c1-17(27(3)16-19-7-5-4-6-8-19)11-13-24-21(23-2)25-14-12-18-9-10-20(22)26-15-18;/h4-10,15,17H,11-14,16H2,1-3H3,(H2,23,24,25);1H. The molecule has 1 unspecified atom stereocenters. The number of pyridine rings is 1. The van der Waals surface area contributed by atoms with Crippen LogP contribution in [0.2, 0.25) is 5.15 Å². The summed E-state index contributed by atoms with van der Waals surface area (Å²) in [5, 5.41) is 7.25. The van der Waals surface area contributed by atoms with Gasteiger partial charge in [-0.25, -0.2) is 4.98 Å². The van der Waals surface area contributed by atoms with Crippen molar-refractivity contribution >= 4 is 41.5 Å². The van der Waals surface area contributed by atoms with Crippen LogP contribution in [0, 0.1) is 0 Å². The molecule has 7 heteroatoms. The van der Waals surface area contributed by atoms with E-state index in [9.17, 15) is 0 Å². The Kier molecular flexibility index (Phi) is 12.1. The molecule has 0 fully saturated rings. The van der Waals surface area contributed by atoms with Crippen molar-refractivity contribution in [2.75, 3.05) is 27.2 Å². The zero-order valence-corrected chi connectivity index (χ0v) is 19.9. The van der Waals surface area contributed by atoms with E-state index in [1.165, 1.54) is 5.56 Å². The predicted molar refractivity (Wildman–Crippen MR) is 130 cm³/mol. The Balaban J connectivity index is 0.00000392. The van der Waals surface area contributed by atoms with Crippen molar-refractivity contribution in [3.8, 4) is 0 Å². The van der Waals surface area contributed by atoms with E-state index < -0.39 is 0 Å². The summed E-state index contributed by atoms with van der Waals surface area (Å²) in [6.07, 6.45) is 3.73. The van der Waals surface area contributed by atoms with Crippen molar-refractivity contribution in [3.05, 3.63) is 64.9 Å². The summed E-state index contributed by atoms with van der Waals surface area (Å²) in [5.41, 5.74) is 2.49. The Morgan fingerprint density at radius 2 is 1.82 bits per heavy atom. The molecule has 0 aliphatic rings. The van der Waals surface area contributed by atoms with Gasteiger partial charge in [-0.1, -0.05) is 48.0 Å². The van der Waals surface area contributed by atoms with Gasteiger partial charge in [0, 0.05) is 38.9 Å². The second-order valence-electron chi connectivity index (χ2n) is 6.70. The van der Waals surface area contributed by atoms with Gasteiger partial charge in [0.05, 0.1) is 0 Å². The molecule has 0 saturated carbocycles. The molecule has 1 heterocycles. The molecular formula is C21H31ClIN5. The van der Waals surface area contributed by atoms with Crippen molar-refractivity contribution in [1.29, 1.82) is 0 Å². The molecule has 0 saturated heterocycles. The number of nitrogens with one attached hydrogen (secondary N) is 2. The SMILES string of the molecule is CN=C(NCCc1ccc(Cl)nc1)NCCC(C)N(C)Cc1ccccc1.I. The molecule has 154 valence electrons. The van der Waals surface area contributed by atoms with Gasteiger partial charge in [0.15, 0.2) is 5.96 Å². The first-order valence-electron chi connectivity index (χ1n) is 9.37. The second kappa shape index (κ2) is 13.7. The van der Waals surface area contributed by atoms with Gasteiger partial charge in [-0.3, -0.25) is 9.89 Å². The van der Waals surface area contributed by atoms with E-state index in [4.69, 9.17) is 11.6 Å². The molecule has 28 heavy (non-hydrogen) atoms. The fourth-order valence-electron chi connectivity index (χ4n) is 2.75. The van der Waals surface area contributed by atoms with Gasteiger partial charge >= 0.3 is 0 Å². The summed E-state index contributed by atoms with van der Waals surface area (Å²) in [4.78, 5) is 10.8. The van der Waals surface area contributed by atoms with Crippen LogP contribution in [-0.4, -0.2) is 49.1 Å². The number of hydrogen-bond donors (Lipinski definition) is 2. The highest BCUT2D eigenvalue weighted by molar-refractivity contribution is 14.0. The largest absolute Gasteiger partial charge is 0.356 e. The summed E-state index contributed by atoms with van der Waals surface area (Å²) >= 11 is 5.81. The zero-order valence-electron chi connectivity index (χ0n) is 16.9. The summed E-state index contributed by atoms with van der Waals surface area (Å²) in [6.45, 7) is 4.90. The van der Waals surface area contributed by atoms with Crippen LogP contribution in [0.1, 0.15) is 24.5 Å². The lowest BCUT2D eigenvalue weighted by Gasteiger charge is -2.25. The maximum Gasteiger partial charge on any atom is 0.190 e. The summed E-state index contributed by atoms with van der Waals surface area (Å²) in [7, 11) is 3.97. The minimum absolute atomic E-state index is 0. The van der Waals surface area contributed by atoms with Gasteiger partial charge in [0.2, 0.25) is 0 Å². The van der Waals surface area contributed by atoms with Crippen LogP contribution < -0.4 is 10.6 Å². The number of rotatable bonds is 9. The van der Waals surface area contributed by atoms with E-state index >= 15 is 0 Å². The van der Waals surface area contributed by atoms with Gasteiger partial charge in [-0.2, -0.15) is 0 Å². The van der Waals surface area contributed by atoms with Gasteiger partial charge < -0.3 is 10.6 Å². The quantitative estimate of drug-likeness (QED) is 0.230. The van der Waals surface area contributed by atoms with Crippen LogP contribution in [0.5, 0.6) is 0 Å². The van der Waals surface area contributed by atoms with Gasteiger partial charge in [-0.05, 0) is 44.0 Å². The molecule has 1 atom stereocenters. The van der Waals surface area contributed by atoms with E-state index in [-0.39, 0.29) is 24.0 Å². The highest BCUT2D eigenvalue weighted by Crippen LogP contribution is 2.08. The topological polar surface area (TPSA) is 52.6 Å². The maximum atomic E-state index is 5.81. The minimum Gasteiger partial charge on any atom is -0.356 e.